The van der Waals surface area contributed by atoms with Crippen molar-refractivity contribution in [3.8, 4) is 11.6 Å². The Hall–Kier alpha value is -2.61. The third-order valence-electron chi connectivity index (χ3n) is 8.17. The second-order valence-electron chi connectivity index (χ2n) is 12.2. The zero-order valence-corrected chi connectivity index (χ0v) is 26.4. The molecule has 44 heavy (non-hydrogen) atoms. The van der Waals surface area contributed by atoms with E-state index in [1.54, 1.807) is 32.0 Å². The van der Waals surface area contributed by atoms with Gasteiger partial charge in [-0.15, -0.1) is 29.9 Å². The number of aromatic nitrogens is 5. The molecule has 2 aromatic heterocycles. The van der Waals surface area contributed by atoms with Gasteiger partial charge in [0.2, 0.25) is 5.88 Å². The molecule has 1 aliphatic heterocycles. The smallest absolute Gasteiger partial charge is 0.453 e. The van der Waals surface area contributed by atoms with Crippen LogP contribution in [0, 0.1) is 11.7 Å². The van der Waals surface area contributed by atoms with E-state index in [0.29, 0.717) is 35.5 Å². The summed E-state index contributed by atoms with van der Waals surface area (Å²) in [5.41, 5.74) is 0.263. The average Bonchev–Trinajstić information content (AvgIpc) is 3.67. The van der Waals surface area contributed by atoms with Crippen molar-refractivity contribution in [2.45, 2.75) is 82.2 Å². The fraction of sp³-hybridized carbons (Fsp3) is 0.586. The zero-order chi connectivity index (χ0) is 30.3. The van der Waals surface area contributed by atoms with Gasteiger partial charge >= 0.3 is 6.18 Å². The maximum atomic E-state index is 13.9. The van der Waals surface area contributed by atoms with E-state index in [2.05, 4.69) is 25.8 Å². The summed E-state index contributed by atoms with van der Waals surface area (Å²) in [5, 5.41) is 13.3. The van der Waals surface area contributed by atoms with Crippen LogP contribution in [0.25, 0.3) is 5.69 Å². The number of halogens is 7. The third-order valence-corrected chi connectivity index (χ3v) is 8.17. The molecule has 1 spiro atoms. The molecule has 1 saturated heterocycles. The van der Waals surface area contributed by atoms with Crippen LogP contribution in [-0.4, -0.2) is 62.3 Å². The first-order chi connectivity index (χ1) is 19.8. The Morgan fingerprint density at radius 3 is 2.50 bits per heavy atom. The molecule has 244 valence electrons. The molecule has 3 heterocycles. The number of nitrogens with zero attached hydrogens (tertiary/aromatic N) is 5. The second kappa shape index (κ2) is 13.8. The summed E-state index contributed by atoms with van der Waals surface area (Å²) in [7, 11) is 0. The van der Waals surface area contributed by atoms with E-state index < -0.39 is 29.8 Å². The standard InChI is InChI=1S/C29H35F5N6O2.2ClH/c1-17(2)42-25-23(11-22(14-35-25)40-26(29(32,33)34)37-38-39-40)20-12-28(41-15-20)10-9-19(13-36-27(3,4)16-30)24(28)18-5-7-21(31)8-6-18;;/h5-8,11,14,17,19-20,24,36H,9-10,12-13,15-16H2,1-4H3;2*1H. The minimum absolute atomic E-state index is 0. The molecule has 4 atom stereocenters. The fourth-order valence-corrected chi connectivity index (χ4v) is 6.22. The van der Waals surface area contributed by atoms with Crippen LogP contribution >= 0.6 is 24.8 Å². The number of hydrogen-bond donors (Lipinski definition) is 1. The molecular formula is C29H37Cl2F5N6O2. The van der Waals surface area contributed by atoms with E-state index in [4.69, 9.17) is 9.47 Å². The largest absolute Gasteiger partial charge is 0.475 e. The van der Waals surface area contributed by atoms with Crippen LogP contribution in [0.1, 0.15) is 75.7 Å². The summed E-state index contributed by atoms with van der Waals surface area (Å²) >= 11 is 0. The molecule has 1 aliphatic carbocycles. The highest BCUT2D eigenvalue weighted by Gasteiger charge is 2.54. The van der Waals surface area contributed by atoms with E-state index in [0.717, 1.165) is 12.0 Å². The van der Waals surface area contributed by atoms with Crippen molar-refractivity contribution in [1.82, 2.24) is 30.5 Å². The molecule has 1 N–H and O–H groups in total. The molecule has 1 aromatic carbocycles. The summed E-state index contributed by atoms with van der Waals surface area (Å²) in [6, 6.07) is 7.96. The lowest BCUT2D eigenvalue weighted by Gasteiger charge is -2.35. The molecule has 2 fully saturated rings. The molecule has 0 amide bonds. The number of nitrogens with one attached hydrogen (secondary N) is 1. The van der Waals surface area contributed by atoms with Gasteiger partial charge in [0.25, 0.3) is 5.82 Å². The van der Waals surface area contributed by atoms with Crippen molar-refractivity contribution in [3.05, 3.63) is 59.3 Å². The molecule has 5 rings (SSSR count). The van der Waals surface area contributed by atoms with Crippen molar-refractivity contribution in [1.29, 1.82) is 0 Å². The molecule has 8 nitrogen and oxygen atoms in total. The SMILES string of the molecule is CC(C)Oc1ncc(-n2nnnc2C(F)(F)F)cc1C1COC2(CCC(CNC(C)(C)CF)C2c2ccc(F)cc2)C1.Cl.Cl. The van der Waals surface area contributed by atoms with Crippen LogP contribution in [0.2, 0.25) is 0 Å². The molecule has 1 saturated carbocycles. The number of rotatable bonds is 9. The predicted molar refractivity (Wildman–Crippen MR) is 158 cm³/mol. The van der Waals surface area contributed by atoms with E-state index in [-0.39, 0.29) is 66.8 Å². The van der Waals surface area contributed by atoms with Crippen LogP contribution in [0.15, 0.2) is 36.5 Å². The van der Waals surface area contributed by atoms with Gasteiger partial charge in [-0.05, 0) is 93.6 Å². The summed E-state index contributed by atoms with van der Waals surface area (Å²) in [4.78, 5) is 4.38. The molecule has 4 unspecified atom stereocenters. The first-order valence-corrected chi connectivity index (χ1v) is 14.0. The Morgan fingerprint density at radius 2 is 1.86 bits per heavy atom. The minimum Gasteiger partial charge on any atom is -0.475 e. The van der Waals surface area contributed by atoms with Crippen LogP contribution < -0.4 is 10.1 Å². The van der Waals surface area contributed by atoms with Gasteiger partial charge in [0, 0.05) is 22.9 Å². The summed E-state index contributed by atoms with van der Waals surface area (Å²) in [5.74, 6) is -1.58. The van der Waals surface area contributed by atoms with Gasteiger partial charge in [-0.1, -0.05) is 12.1 Å². The highest BCUT2D eigenvalue weighted by atomic mass is 35.5. The first-order valence-electron chi connectivity index (χ1n) is 14.0. The van der Waals surface area contributed by atoms with Gasteiger partial charge < -0.3 is 14.8 Å². The quantitative estimate of drug-likeness (QED) is 0.257. The summed E-state index contributed by atoms with van der Waals surface area (Å²) in [6.45, 7) is 7.60. The number of pyridine rings is 1. The van der Waals surface area contributed by atoms with Gasteiger partial charge in [-0.25, -0.2) is 13.8 Å². The first kappa shape index (κ1) is 35.9. The number of tetrazole rings is 1. The Bertz CT molecular complexity index is 1390. The third kappa shape index (κ3) is 7.43. The predicted octanol–water partition coefficient (Wildman–Crippen LogP) is 6.62. The van der Waals surface area contributed by atoms with Crippen molar-refractivity contribution < 1.29 is 31.4 Å². The van der Waals surface area contributed by atoms with E-state index in [1.807, 2.05) is 13.8 Å². The Balaban J connectivity index is 0.00000264. The van der Waals surface area contributed by atoms with Crippen molar-refractivity contribution in [2.24, 2.45) is 5.92 Å². The summed E-state index contributed by atoms with van der Waals surface area (Å²) < 4.78 is 81.4. The molecular weight excluding hydrogens is 630 g/mol. The lowest BCUT2D eigenvalue weighted by Crippen LogP contribution is -2.45. The van der Waals surface area contributed by atoms with Gasteiger partial charge in [-0.2, -0.15) is 17.9 Å². The van der Waals surface area contributed by atoms with Crippen molar-refractivity contribution in [3.63, 3.8) is 0 Å². The zero-order valence-electron chi connectivity index (χ0n) is 24.8. The van der Waals surface area contributed by atoms with Crippen LogP contribution in [0.4, 0.5) is 22.0 Å². The summed E-state index contributed by atoms with van der Waals surface area (Å²) in [6.07, 6.45) is -1.68. The maximum absolute atomic E-state index is 13.9. The van der Waals surface area contributed by atoms with Gasteiger partial charge in [-0.3, -0.25) is 0 Å². The number of benzene rings is 1. The van der Waals surface area contributed by atoms with Gasteiger partial charge in [0.15, 0.2) is 0 Å². The van der Waals surface area contributed by atoms with E-state index >= 15 is 0 Å². The van der Waals surface area contributed by atoms with E-state index in [1.165, 1.54) is 18.3 Å². The second-order valence-corrected chi connectivity index (χ2v) is 12.2. The Morgan fingerprint density at radius 1 is 1.16 bits per heavy atom. The highest BCUT2D eigenvalue weighted by Crippen LogP contribution is 2.57. The fourth-order valence-electron chi connectivity index (χ4n) is 6.22. The maximum Gasteiger partial charge on any atom is 0.453 e. The molecule has 3 aromatic rings. The monoisotopic (exact) mass is 666 g/mol. The number of ether oxygens (including phenoxy) is 2. The Labute approximate surface area is 265 Å². The topological polar surface area (TPSA) is 87.0 Å². The average molecular weight is 668 g/mol. The van der Waals surface area contributed by atoms with E-state index in [9.17, 15) is 22.0 Å². The van der Waals surface area contributed by atoms with Crippen LogP contribution in [0.3, 0.4) is 0 Å². The lowest BCUT2D eigenvalue weighted by molar-refractivity contribution is -0.146. The number of hydrogen-bond acceptors (Lipinski definition) is 7. The normalized spacial score (nSPS) is 23.5. The van der Waals surface area contributed by atoms with Crippen LogP contribution in [-0.2, 0) is 10.9 Å². The molecule has 15 heteroatoms. The Kier molecular flexibility index (Phi) is 11.2. The minimum atomic E-state index is -4.76. The van der Waals surface area contributed by atoms with Crippen molar-refractivity contribution in [2.75, 3.05) is 19.8 Å². The number of alkyl halides is 4. The molecule has 0 radical (unpaired) electrons. The molecule has 2 aliphatic rings. The highest BCUT2D eigenvalue weighted by molar-refractivity contribution is 5.85. The lowest BCUT2D eigenvalue weighted by atomic mass is 9.76. The van der Waals surface area contributed by atoms with Gasteiger partial charge in [0.1, 0.15) is 12.5 Å². The van der Waals surface area contributed by atoms with Crippen molar-refractivity contribution >= 4 is 24.8 Å². The molecule has 0 bridgehead atoms. The van der Waals surface area contributed by atoms with Gasteiger partial charge in [0.05, 0.1) is 30.2 Å². The van der Waals surface area contributed by atoms with Crippen LogP contribution in [0.5, 0.6) is 5.88 Å².